The summed E-state index contributed by atoms with van der Waals surface area (Å²) < 4.78 is 10.9. The van der Waals surface area contributed by atoms with E-state index in [1.54, 1.807) is 31.2 Å². The van der Waals surface area contributed by atoms with Crippen LogP contribution in [0.1, 0.15) is 31.1 Å². The Morgan fingerprint density at radius 1 is 1.05 bits per heavy atom. The van der Waals surface area contributed by atoms with Crippen LogP contribution in [0.4, 0.5) is 0 Å². The van der Waals surface area contributed by atoms with E-state index in [1.165, 1.54) is 0 Å². The lowest BCUT2D eigenvalue weighted by molar-refractivity contribution is -0.156. The van der Waals surface area contributed by atoms with Crippen molar-refractivity contribution in [1.29, 1.82) is 5.26 Å². The van der Waals surface area contributed by atoms with Crippen LogP contribution in [0.5, 0.6) is 5.75 Å². The van der Waals surface area contributed by atoms with Gasteiger partial charge < -0.3 is 9.47 Å². The molecular formula is C18H17NO3. The van der Waals surface area contributed by atoms with E-state index in [0.29, 0.717) is 11.3 Å². The molecule has 0 aliphatic rings. The molecule has 2 aromatic rings. The van der Waals surface area contributed by atoms with Gasteiger partial charge in [-0.15, -0.1) is 0 Å². The van der Waals surface area contributed by atoms with E-state index in [-0.39, 0.29) is 6.10 Å². The van der Waals surface area contributed by atoms with Gasteiger partial charge in [0, 0.05) is 0 Å². The Morgan fingerprint density at radius 2 is 1.68 bits per heavy atom. The summed E-state index contributed by atoms with van der Waals surface area (Å²) in [6.45, 7) is 3.46. The second kappa shape index (κ2) is 7.28. The van der Waals surface area contributed by atoms with Crippen LogP contribution in [0.25, 0.3) is 0 Å². The number of ether oxygens (including phenoxy) is 2. The molecule has 0 aromatic heterocycles. The summed E-state index contributed by atoms with van der Waals surface area (Å²) in [7, 11) is 0. The second-order valence-corrected chi connectivity index (χ2v) is 4.89. The van der Waals surface area contributed by atoms with Crippen LogP contribution in [0.2, 0.25) is 0 Å². The summed E-state index contributed by atoms with van der Waals surface area (Å²) >= 11 is 0. The van der Waals surface area contributed by atoms with Gasteiger partial charge in [-0.3, -0.25) is 0 Å². The second-order valence-electron chi connectivity index (χ2n) is 4.89. The molecule has 4 nitrogen and oxygen atoms in total. The van der Waals surface area contributed by atoms with Crippen LogP contribution >= 0.6 is 0 Å². The molecule has 0 amide bonds. The van der Waals surface area contributed by atoms with Crippen molar-refractivity contribution in [2.75, 3.05) is 0 Å². The molecule has 2 aromatic carbocycles. The number of carbonyl (C=O) groups is 1. The van der Waals surface area contributed by atoms with Crippen molar-refractivity contribution in [2.45, 2.75) is 26.1 Å². The lowest BCUT2D eigenvalue weighted by Crippen LogP contribution is -2.27. The summed E-state index contributed by atoms with van der Waals surface area (Å²) in [4.78, 5) is 12.1. The molecule has 22 heavy (non-hydrogen) atoms. The van der Waals surface area contributed by atoms with Gasteiger partial charge in [-0.05, 0) is 43.7 Å². The van der Waals surface area contributed by atoms with Crippen LogP contribution in [-0.2, 0) is 9.53 Å². The summed E-state index contributed by atoms with van der Waals surface area (Å²) in [5, 5.41) is 8.74. The number of nitrogens with zero attached hydrogens (tertiary/aromatic N) is 1. The standard InChI is InChI=1S/C18H17NO3/c1-13(16-6-4-3-5-7-16)22-18(20)14(2)21-17-10-8-15(12-19)9-11-17/h3-11,13-14H,1-2H3/t13-,14-/m0/s1. The maximum absolute atomic E-state index is 12.1. The van der Waals surface area contributed by atoms with Crippen molar-refractivity contribution < 1.29 is 14.3 Å². The minimum absolute atomic E-state index is 0.333. The number of hydrogen-bond donors (Lipinski definition) is 0. The zero-order valence-electron chi connectivity index (χ0n) is 12.5. The van der Waals surface area contributed by atoms with Crippen LogP contribution in [0.3, 0.4) is 0 Å². The maximum atomic E-state index is 12.1. The van der Waals surface area contributed by atoms with Crippen molar-refractivity contribution in [3.63, 3.8) is 0 Å². The molecule has 0 N–H and O–H groups in total. The Morgan fingerprint density at radius 3 is 2.27 bits per heavy atom. The van der Waals surface area contributed by atoms with Crippen molar-refractivity contribution in [2.24, 2.45) is 0 Å². The number of carbonyl (C=O) groups excluding carboxylic acids is 1. The van der Waals surface area contributed by atoms with E-state index in [1.807, 2.05) is 43.3 Å². The molecule has 0 unspecified atom stereocenters. The Balaban J connectivity index is 1.93. The Kier molecular flexibility index (Phi) is 5.16. The maximum Gasteiger partial charge on any atom is 0.347 e. The molecule has 2 rings (SSSR count). The van der Waals surface area contributed by atoms with Crippen LogP contribution in [0.15, 0.2) is 54.6 Å². The zero-order chi connectivity index (χ0) is 15.9. The lowest BCUT2D eigenvalue weighted by atomic mass is 10.1. The summed E-state index contributed by atoms with van der Waals surface area (Å²) in [5.41, 5.74) is 1.47. The molecule has 2 atom stereocenters. The van der Waals surface area contributed by atoms with Gasteiger partial charge >= 0.3 is 5.97 Å². The van der Waals surface area contributed by atoms with E-state index < -0.39 is 12.1 Å². The van der Waals surface area contributed by atoms with Crippen molar-refractivity contribution in [3.05, 3.63) is 65.7 Å². The van der Waals surface area contributed by atoms with Gasteiger partial charge in [0.1, 0.15) is 11.9 Å². The summed E-state index contributed by atoms with van der Waals surface area (Å²) in [5.74, 6) is 0.0940. The topological polar surface area (TPSA) is 59.3 Å². The number of esters is 1. The fourth-order valence-corrected chi connectivity index (χ4v) is 1.92. The SMILES string of the molecule is C[C@H](Oc1ccc(C#N)cc1)C(=O)O[C@@H](C)c1ccccc1. The molecule has 0 saturated heterocycles. The van der Waals surface area contributed by atoms with Crippen molar-refractivity contribution >= 4 is 5.97 Å². The minimum atomic E-state index is -0.723. The lowest BCUT2D eigenvalue weighted by Gasteiger charge is -2.18. The number of nitriles is 1. The highest BCUT2D eigenvalue weighted by Crippen LogP contribution is 2.19. The number of hydrogen-bond acceptors (Lipinski definition) is 4. The third kappa shape index (κ3) is 4.10. The fraction of sp³-hybridized carbons (Fsp3) is 0.222. The highest BCUT2D eigenvalue weighted by Gasteiger charge is 2.19. The molecule has 0 bridgehead atoms. The van der Waals surface area contributed by atoms with Crippen molar-refractivity contribution in [3.8, 4) is 11.8 Å². The van der Waals surface area contributed by atoms with Crippen LogP contribution in [0, 0.1) is 11.3 Å². The molecule has 0 aliphatic heterocycles. The Labute approximate surface area is 129 Å². The van der Waals surface area contributed by atoms with E-state index in [4.69, 9.17) is 14.7 Å². The highest BCUT2D eigenvalue weighted by atomic mass is 16.6. The van der Waals surface area contributed by atoms with E-state index in [9.17, 15) is 4.79 Å². The van der Waals surface area contributed by atoms with Gasteiger partial charge in [0.05, 0.1) is 11.6 Å². The van der Waals surface area contributed by atoms with Gasteiger partial charge in [0.25, 0.3) is 0 Å². The first-order valence-corrected chi connectivity index (χ1v) is 7.02. The van der Waals surface area contributed by atoms with Gasteiger partial charge in [-0.2, -0.15) is 5.26 Å². The quantitative estimate of drug-likeness (QED) is 0.790. The van der Waals surface area contributed by atoms with Gasteiger partial charge in [0.15, 0.2) is 6.10 Å². The van der Waals surface area contributed by atoms with E-state index in [2.05, 4.69) is 0 Å². The molecule has 0 spiro atoms. The summed E-state index contributed by atoms with van der Waals surface area (Å²) in [6, 6.07) is 18.1. The number of benzene rings is 2. The third-order valence-electron chi connectivity index (χ3n) is 3.19. The highest BCUT2D eigenvalue weighted by molar-refractivity contribution is 5.75. The Bertz CT molecular complexity index is 659. The Hall–Kier alpha value is -2.80. The zero-order valence-corrected chi connectivity index (χ0v) is 12.5. The first kappa shape index (κ1) is 15.6. The van der Waals surface area contributed by atoms with E-state index >= 15 is 0 Å². The molecule has 0 radical (unpaired) electrons. The van der Waals surface area contributed by atoms with Gasteiger partial charge in [0.2, 0.25) is 0 Å². The first-order chi connectivity index (χ1) is 10.6. The molecule has 4 heteroatoms. The van der Waals surface area contributed by atoms with E-state index in [0.717, 1.165) is 5.56 Å². The predicted molar refractivity (Wildman–Crippen MR) is 82.2 cm³/mol. The smallest absolute Gasteiger partial charge is 0.347 e. The van der Waals surface area contributed by atoms with Gasteiger partial charge in [-0.25, -0.2) is 4.79 Å². The molecular weight excluding hydrogens is 278 g/mol. The number of rotatable bonds is 5. The van der Waals surface area contributed by atoms with Gasteiger partial charge in [-0.1, -0.05) is 30.3 Å². The first-order valence-electron chi connectivity index (χ1n) is 7.02. The summed E-state index contributed by atoms with van der Waals surface area (Å²) in [6.07, 6.45) is -1.06. The molecule has 0 saturated carbocycles. The predicted octanol–water partition coefficient (Wildman–Crippen LogP) is 3.63. The monoisotopic (exact) mass is 295 g/mol. The van der Waals surface area contributed by atoms with Crippen LogP contribution in [-0.4, -0.2) is 12.1 Å². The molecule has 0 fully saturated rings. The molecule has 0 aliphatic carbocycles. The largest absolute Gasteiger partial charge is 0.479 e. The van der Waals surface area contributed by atoms with Crippen LogP contribution < -0.4 is 4.74 Å². The molecule has 112 valence electrons. The average molecular weight is 295 g/mol. The molecule has 0 heterocycles. The fourth-order valence-electron chi connectivity index (χ4n) is 1.92. The minimum Gasteiger partial charge on any atom is -0.479 e. The van der Waals surface area contributed by atoms with Crippen molar-refractivity contribution in [1.82, 2.24) is 0 Å². The third-order valence-corrected chi connectivity index (χ3v) is 3.19. The average Bonchev–Trinajstić information content (AvgIpc) is 2.56. The normalized spacial score (nSPS) is 12.8.